The van der Waals surface area contributed by atoms with Crippen LogP contribution >= 0.6 is 11.3 Å². The Hall–Kier alpha value is -1.04. The third-order valence-electron chi connectivity index (χ3n) is 6.65. The first kappa shape index (κ1) is 17.1. The number of likely N-dealkylation sites (tertiary alicyclic amines) is 1. The molecule has 1 spiro atoms. The maximum Gasteiger partial charge on any atom is 0.127 e. The van der Waals surface area contributed by atoms with Crippen molar-refractivity contribution in [3.63, 3.8) is 0 Å². The lowest BCUT2D eigenvalue weighted by molar-refractivity contribution is -0.191. The number of thiophene rings is 1. The first-order valence-electron chi connectivity index (χ1n) is 9.99. The van der Waals surface area contributed by atoms with E-state index in [4.69, 9.17) is 14.7 Å². The van der Waals surface area contributed by atoms with Gasteiger partial charge in [0.2, 0.25) is 0 Å². The molecule has 26 heavy (non-hydrogen) atoms. The molecule has 0 atom stereocenters. The molecule has 1 aliphatic carbocycles. The summed E-state index contributed by atoms with van der Waals surface area (Å²) in [4.78, 5) is 14.8. The normalized spacial score (nSPS) is 25.3. The Morgan fingerprint density at radius 3 is 2.58 bits per heavy atom. The lowest BCUT2D eigenvalue weighted by Gasteiger charge is -2.55. The van der Waals surface area contributed by atoms with Crippen LogP contribution in [-0.4, -0.2) is 41.2 Å². The average Bonchev–Trinajstić information content (AvgIpc) is 2.92. The largest absolute Gasteiger partial charge is 0.380 e. The Balaban J connectivity index is 1.37. The molecule has 5 rings (SSSR count). The van der Waals surface area contributed by atoms with Gasteiger partial charge >= 0.3 is 0 Å². The zero-order valence-corrected chi connectivity index (χ0v) is 17.0. The van der Waals surface area contributed by atoms with Crippen molar-refractivity contribution >= 4 is 21.6 Å². The predicted molar refractivity (Wildman–Crippen MR) is 106 cm³/mol. The summed E-state index contributed by atoms with van der Waals surface area (Å²) in [6.45, 7) is 12.0. The third-order valence-corrected chi connectivity index (χ3v) is 7.84. The number of hydrogen-bond acceptors (Lipinski definition) is 5. The summed E-state index contributed by atoms with van der Waals surface area (Å²) in [5.41, 5.74) is 2.21. The van der Waals surface area contributed by atoms with Crippen molar-refractivity contribution in [2.24, 2.45) is 10.8 Å². The molecule has 0 unspecified atom stereocenters. The molecule has 2 saturated heterocycles. The van der Waals surface area contributed by atoms with Gasteiger partial charge in [0.1, 0.15) is 10.7 Å². The second kappa shape index (κ2) is 5.98. The summed E-state index contributed by atoms with van der Waals surface area (Å²) < 4.78 is 5.40. The van der Waals surface area contributed by atoms with Gasteiger partial charge in [-0.05, 0) is 50.0 Å². The Morgan fingerprint density at radius 2 is 1.92 bits per heavy atom. The Kier molecular flexibility index (Phi) is 3.93. The molecule has 0 radical (unpaired) electrons. The predicted octanol–water partition coefficient (Wildman–Crippen LogP) is 4.52. The van der Waals surface area contributed by atoms with E-state index in [2.05, 4.69) is 24.8 Å². The molecule has 0 aromatic carbocycles. The molecule has 0 N–H and O–H groups in total. The first-order chi connectivity index (χ1) is 12.4. The van der Waals surface area contributed by atoms with Crippen molar-refractivity contribution in [1.29, 1.82) is 0 Å². The van der Waals surface area contributed by atoms with Crippen molar-refractivity contribution < 1.29 is 4.74 Å². The maximum absolute atomic E-state index is 5.40. The van der Waals surface area contributed by atoms with E-state index in [9.17, 15) is 0 Å². The van der Waals surface area contributed by atoms with Gasteiger partial charge in [-0.2, -0.15) is 0 Å². The minimum atomic E-state index is 0.468. The summed E-state index contributed by atoms with van der Waals surface area (Å²) in [5, 5.41) is 1.30. The SMILES string of the molecule is Cc1nc(CN2CC3(COC3)C2)c2cc(C3CCC(C)(C)CC3)sc2n1. The van der Waals surface area contributed by atoms with Crippen LogP contribution in [0.5, 0.6) is 0 Å². The van der Waals surface area contributed by atoms with E-state index in [1.165, 1.54) is 46.5 Å². The van der Waals surface area contributed by atoms with Gasteiger partial charge in [-0.1, -0.05) is 13.8 Å². The minimum absolute atomic E-state index is 0.468. The first-order valence-corrected chi connectivity index (χ1v) is 10.8. The molecular formula is C21H29N3OS. The summed E-state index contributed by atoms with van der Waals surface area (Å²) >= 11 is 1.91. The van der Waals surface area contributed by atoms with Gasteiger partial charge in [0.05, 0.1) is 18.9 Å². The number of ether oxygens (including phenoxy) is 1. The third kappa shape index (κ3) is 2.98. The van der Waals surface area contributed by atoms with Crippen LogP contribution in [0.4, 0.5) is 0 Å². The number of aromatic nitrogens is 2. The summed E-state index contributed by atoms with van der Waals surface area (Å²) in [7, 11) is 0. The van der Waals surface area contributed by atoms with Crippen molar-refractivity contribution in [1.82, 2.24) is 14.9 Å². The fraction of sp³-hybridized carbons (Fsp3) is 0.714. The molecule has 0 amide bonds. The lowest BCUT2D eigenvalue weighted by Crippen LogP contribution is -2.65. The van der Waals surface area contributed by atoms with E-state index in [-0.39, 0.29) is 0 Å². The highest BCUT2D eigenvalue weighted by Gasteiger charge is 2.48. The monoisotopic (exact) mass is 371 g/mol. The molecule has 5 heteroatoms. The van der Waals surface area contributed by atoms with E-state index >= 15 is 0 Å². The quantitative estimate of drug-likeness (QED) is 0.795. The Labute approximate surface area is 160 Å². The van der Waals surface area contributed by atoms with Crippen molar-refractivity contribution in [2.45, 2.75) is 58.9 Å². The van der Waals surface area contributed by atoms with Crippen molar-refractivity contribution in [3.8, 4) is 0 Å². The van der Waals surface area contributed by atoms with Crippen LogP contribution in [0.1, 0.15) is 61.8 Å². The molecule has 140 valence electrons. The van der Waals surface area contributed by atoms with Crippen LogP contribution in [0.15, 0.2) is 6.07 Å². The van der Waals surface area contributed by atoms with Crippen LogP contribution in [0.25, 0.3) is 10.2 Å². The minimum Gasteiger partial charge on any atom is -0.380 e. The fourth-order valence-corrected chi connectivity index (χ4v) is 6.19. The Morgan fingerprint density at radius 1 is 1.19 bits per heavy atom. The van der Waals surface area contributed by atoms with Gasteiger partial charge in [0, 0.05) is 35.3 Å². The van der Waals surface area contributed by atoms with E-state index in [1.54, 1.807) is 0 Å². The number of hydrogen-bond donors (Lipinski definition) is 0. The standard InChI is InChI=1S/C21H29N3OS/c1-14-22-17(9-24-10-21(11-24)12-25-13-21)16-8-18(26-19(16)23-14)15-4-6-20(2,3)7-5-15/h8,15H,4-7,9-13H2,1-3H3. The van der Waals surface area contributed by atoms with Crippen molar-refractivity contribution in [2.75, 3.05) is 26.3 Å². The second-order valence-electron chi connectivity index (χ2n) is 9.66. The topological polar surface area (TPSA) is 38.2 Å². The van der Waals surface area contributed by atoms with Crippen LogP contribution in [0.2, 0.25) is 0 Å². The fourth-order valence-electron chi connectivity index (χ4n) is 4.92. The molecule has 2 aliphatic heterocycles. The van der Waals surface area contributed by atoms with Crippen LogP contribution < -0.4 is 0 Å². The highest BCUT2D eigenvalue weighted by Crippen LogP contribution is 2.45. The molecule has 4 heterocycles. The van der Waals surface area contributed by atoms with Crippen LogP contribution in [0, 0.1) is 17.8 Å². The van der Waals surface area contributed by atoms with Gasteiger partial charge in [0.25, 0.3) is 0 Å². The lowest BCUT2D eigenvalue weighted by atomic mass is 9.73. The summed E-state index contributed by atoms with van der Waals surface area (Å²) in [5.74, 6) is 1.63. The summed E-state index contributed by atoms with van der Waals surface area (Å²) in [6.07, 6.45) is 5.30. The van der Waals surface area contributed by atoms with Gasteiger partial charge in [-0.25, -0.2) is 9.97 Å². The molecule has 3 fully saturated rings. The number of fused-ring (bicyclic) bond motifs is 1. The highest BCUT2D eigenvalue weighted by molar-refractivity contribution is 7.18. The average molecular weight is 372 g/mol. The Bertz CT molecular complexity index is 821. The molecule has 2 aromatic heterocycles. The van der Waals surface area contributed by atoms with Gasteiger partial charge in [-0.3, -0.25) is 4.90 Å². The van der Waals surface area contributed by atoms with Crippen molar-refractivity contribution in [3.05, 3.63) is 22.5 Å². The second-order valence-corrected chi connectivity index (χ2v) is 10.7. The molecule has 4 nitrogen and oxygen atoms in total. The number of nitrogens with zero attached hydrogens (tertiary/aromatic N) is 3. The molecular weight excluding hydrogens is 342 g/mol. The molecule has 2 aromatic rings. The van der Waals surface area contributed by atoms with E-state index in [0.717, 1.165) is 44.6 Å². The zero-order chi connectivity index (χ0) is 17.9. The van der Waals surface area contributed by atoms with Crippen LogP contribution in [-0.2, 0) is 11.3 Å². The molecule has 1 saturated carbocycles. The van der Waals surface area contributed by atoms with Gasteiger partial charge in [0.15, 0.2) is 0 Å². The highest BCUT2D eigenvalue weighted by atomic mass is 32.1. The smallest absolute Gasteiger partial charge is 0.127 e. The van der Waals surface area contributed by atoms with E-state index in [0.29, 0.717) is 10.8 Å². The maximum atomic E-state index is 5.40. The number of rotatable bonds is 3. The summed E-state index contributed by atoms with van der Waals surface area (Å²) in [6, 6.07) is 2.42. The van der Waals surface area contributed by atoms with E-state index in [1.807, 2.05) is 18.3 Å². The molecule has 0 bridgehead atoms. The van der Waals surface area contributed by atoms with Crippen LogP contribution in [0.3, 0.4) is 0 Å². The van der Waals surface area contributed by atoms with Gasteiger partial charge < -0.3 is 4.74 Å². The molecule has 3 aliphatic rings. The van der Waals surface area contributed by atoms with E-state index < -0.39 is 0 Å². The van der Waals surface area contributed by atoms with Gasteiger partial charge in [-0.15, -0.1) is 11.3 Å². The number of aryl methyl sites for hydroxylation is 1. The zero-order valence-electron chi connectivity index (χ0n) is 16.2.